The van der Waals surface area contributed by atoms with E-state index in [1.54, 1.807) is 7.11 Å². The first-order chi connectivity index (χ1) is 11.7. The number of benzene rings is 2. The monoisotopic (exact) mass is 324 g/mol. The molecule has 1 aromatic heterocycles. The van der Waals surface area contributed by atoms with Crippen LogP contribution in [0.1, 0.15) is 24.4 Å². The zero-order valence-electron chi connectivity index (χ0n) is 13.7. The fraction of sp³-hybridized carbons (Fsp3) is 0.222. The SMILES string of the molecule is CCOc1ccc(-c2n[nH]c([C@@H](N)c3ccccc3)n2)cc1OC. The Morgan fingerprint density at radius 1 is 1.12 bits per heavy atom. The molecule has 3 N–H and O–H groups in total. The highest BCUT2D eigenvalue weighted by Gasteiger charge is 2.15. The highest BCUT2D eigenvalue weighted by Crippen LogP contribution is 2.31. The Balaban J connectivity index is 1.88. The zero-order valence-corrected chi connectivity index (χ0v) is 13.7. The zero-order chi connectivity index (χ0) is 16.9. The number of rotatable bonds is 6. The van der Waals surface area contributed by atoms with Gasteiger partial charge < -0.3 is 15.2 Å². The molecule has 6 heteroatoms. The number of aromatic nitrogens is 3. The summed E-state index contributed by atoms with van der Waals surface area (Å²) in [4.78, 5) is 4.52. The van der Waals surface area contributed by atoms with Crippen molar-refractivity contribution in [2.24, 2.45) is 5.73 Å². The summed E-state index contributed by atoms with van der Waals surface area (Å²) in [5.74, 6) is 2.52. The van der Waals surface area contributed by atoms with Gasteiger partial charge >= 0.3 is 0 Å². The smallest absolute Gasteiger partial charge is 0.181 e. The van der Waals surface area contributed by atoms with Gasteiger partial charge in [-0.1, -0.05) is 30.3 Å². The molecule has 0 aliphatic carbocycles. The average molecular weight is 324 g/mol. The van der Waals surface area contributed by atoms with Gasteiger partial charge in [-0.05, 0) is 30.7 Å². The van der Waals surface area contributed by atoms with Crippen molar-refractivity contribution in [3.05, 3.63) is 59.9 Å². The molecule has 2 aromatic carbocycles. The molecule has 124 valence electrons. The number of hydrogen-bond donors (Lipinski definition) is 2. The number of hydrogen-bond acceptors (Lipinski definition) is 5. The number of ether oxygens (including phenoxy) is 2. The van der Waals surface area contributed by atoms with Crippen LogP contribution in [0.15, 0.2) is 48.5 Å². The van der Waals surface area contributed by atoms with Crippen LogP contribution in [0.4, 0.5) is 0 Å². The Labute approximate surface area is 140 Å². The molecule has 0 amide bonds. The second kappa shape index (κ2) is 7.14. The van der Waals surface area contributed by atoms with Crippen LogP contribution in [0.3, 0.4) is 0 Å². The molecule has 24 heavy (non-hydrogen) atoms. The number of nitrogens with zero attached hydrogens (tertiary/aromatic N) is 2. The Morgan fingerprint density at radius 2 is 1.92 bits per heavy atom. The predicted molar refractivity (Wildman–Crippen MR) is 92.0 cm³/mol. The molecule has 6 nitrogen and oxygen atoms in total. The maximum absolute atomic E-state index is 6.25. The van der Waals surface area contributed by atoms with E-state index in [1.807, 2.05) is 55.5 Å². The van der Waals surface area contributed by atoms with Crippen LogP contribution in [0.5, 0.6) is 11.5 Å². The minimum Gasteiger partial charge on any atom is -0.493 e. The first kappa shape index (κ1) is 16.0. The maximum Gasteiger partial charge on any atom is 0.181 e. The van der Waals surface area contributed by atoms with Gasteiger partial charge in [0.25, 0.3) is 0 Å². The molecule has 0 saturated heterocycles. The van der Waals surface area contributed by atoms with E-state index in [1.165, 1.54) is 0 Å². The number of H-pyrrole nitrogens is 1. The van der Waals surface area contributed by atoms with Gasteiger partial charge in [0.05, 0.1) is 19.8 Å². The van der Waals surface area contributed by atoms with Gasteiger partial charge in [-0.15, -0.1) is 0 Å². The molecule has 3 rings (SSSR count). The summed E-state index contributed by atoms with van der Waals surface area (Å²) in [7, 11) is 1.61. The second-order valence-electron chi connectivity index (χ2n) is 5.23. The van der Waals surface area contributed by atoms with Crippen molar-refractivity contribution in [2.75, 3.05) is 13.7 Å². The molecular formula is C18H20N4O2. The summed E-state index contributed by atoms with van der Waals surface area (Å²) >= 11 is 0. The summed E-state index contributed by atoms with van der Waals surface area (Å²) in [6.45, 7) is 2.51. The van der Waals surface area contributed by atoms with Crippen molar-refractivity contribution < 1.29 is 9.47 Å². The standard InChI is InChI=1S/C18H20N4O2/c1-3-24-14-10-9-13(11-15(14)23-2)17-20-18(22-21-17)16(19)12-7-5-4-6-8-12/h4-11,16H,3,19H2,1-2H3,(H,20,21,22)/t16-/m0/s1. The molecule has 0 aliphatic heterocycles. The number of aromatic amines is 1. The van der Waals surface area contributed by atoms with E-state index in [9.17, 15) is 0 Å². The van der Waals surface area contributed by atoms with Gasteiger partial charge in [0.15, 0.2) is 17.3 Å². The van der Waals surface area contributed by atoms with Crippen molar-refractivity contribution in [2.45, 2.75) is 13.0 Å². The third kappa shape index (κ3) is 3.23. The molecule has 0 saturated carbocycles. The van der Waals surface area contributed by atoms with Crippen molar-refractivity contribution in [1.29, 1.82) is 0 Å². The normalized spacial score (nSPS) is 12.0. The van der Waals surface area contributed by atoms with Crippen molar-refractivity contribution in [3.63, 3.8) is 0 Å². The van der Waals surface area contributed by atoms with Crippen LogP contribution in [0.25, 0.3) is 11.4 Å². The fourth-order valence-corrected chi connectivity index (χ4v) is 2.44. The predicted octanol–water partition coefficient (Wildman–Crippen LogP) is 2.93. The van der Waals surface area contributed by atoms with Gasteiger partial charge in [-0.2, -0.15) is 5.10 Å². The highest BCUT2D eigenvalue weighted by atomic mass is 16.5. The minimum atomic E-state index is -0.350. The molecule has 0 fully saturated rings. The van der Waals surface area contributed by atoms with Gasteiger partial charge in [-0.3, -0.25) is 5.10 Å². The Hall–Kier alpha value is -2.86. The topological polar surface area (TPSA) is 86.0 Å². The molecule has 3 aromatic rings. The highest BCUT2D eigenvalue weighted by molar-refractivity contribution is 5.61. The minimum absolute atomic E-state index is 0.350. The van der Waals surface area contributed by atoms with E-state index in [4.69, 9.17) is 15.2 Å². The fourth-order valence-electron chi connectivity index (χ4n) is 2.44. The number of methoxy groups -OCH3 is 1. The lowest BCUT2D eigenvalue weighted by Gasteiger charge is -2.10. The lowest BCUT2D eigenvalue weighted by atomic mass is 10.1. The largest absolute Gasteiger partial charge is 0.493 e. The summed E-state index contributed by atoms with van der Waals surface area (Å²) in [6.07, 6.45) is 0. The quantitative estimate of drug-likeness (QED) is 0.728. The van der Waals surface area contributed by atoms with E-state index in [2.05, 4.69) is 15.2 Å². The first-order valence-corrected chi connectivity index (χ1v) is 7.77. The van der Waals surface area contributed by atoms with Crippen LogP contribution in [0.2, 0.25) is 0 Å². The van der Waals surface area contributed by atoms with Crippen LogP contribution in [-0.2, 0) is 0 Å². The molecule has 0 bridgehead atoms. The first-order valence-electron chi connectivity index (χ1n) is 7.77. The molecule has 0 aliphatic rings. The van der Waals surface area contributed by atoms with Crippen LogP contribution in [0, 0.1) is 0 Å². The Bertz CT molecular complexity index is 802. The van der Waals surface area contributed by atoms with Gasteiger partial charge in [-0.25, -0.2) is 4.98 Å². The lowest BCUT2D eigenvalue weighted by molar-refractivity contribution is 0.311. The molecule has 0 spiro atoms. The molecule has 1 atom stereocenters. The molecule has 1 heterocycles. The summed E-state index contributed by atoms with van der Waals surface area (Å²) in [6, 6.07) is 15.0. The Morgan fingerprint density at radius 3 is 2.62 bits per heavy atom. The summed E-state index contributed by atoms with van der Waals surface area (Å²) in [5.41, 5.74) is 8.06. The lowest BCUT2D eigenvalue weighted by Crippen LogP contribution is -2.13. The van der Waals surface area contributed by atoms with Crippen LogP contribution >= 0.6 is 0 Å². The summed E-state index contributed by atoms with van der Waals surface area (Å²) in [5, 5.41) is 7.19. The third-order valence-electron chi connectivity index (χ3n) is 3.68. The maximum atomic E-state index is 6.25. The molecular weight excluding hydrogens is 304 g/mol. The van der Waals surface area contributed by atoms with E-state index in [0.29, 0.717) is 29.8 Å². The van der Waals surface area contributed by atoms with Crippen molar-refractivity contribution in [1.82, 2.24) is 15.2 Å². The number of nitrogens with two attached hydrogens (primary N) is 1. The molecule has 0 unspecified atom stereocenters. The average Bonchev–Trinajstić information content (AvgIpc) is 3.12. The van der Waals surface area contributed by atoms with Crippen molar-refractivity contribution >= 4 is 0 Å². The molecule has 0 radical (unpaired) electrons. The van der Waals surface area contributed by atoms with Gasteiger partial charge in [0.2, 0.25) is 0 Å². The van der Waals surface area contributed by atoms with Crippen LogP contribution in [-0.4, -0.2) is 28.9 Å². The third-order valence-corrected chi connectivity index (χ3v) is 3.68. The van der Waals surface area contributed by atoms with Crippen molar-refractivity contribution in [3.8, 4) is 22.9 Å². The van der Waals surface area contributed by atoms with E-state index >= 15 is 0 Å². The number of nitrogens with one attached hydrogen (secondary N) is 1. The van der Waals surface area contributed by atoms with Gasteiger partial charge in [0, 0.05) is 5.56 Å². The van der Waals surface area contributed by atoms with E-state index in [-0.39, 0.29) is 6.04 Å². The van der Waals surface area contributed by atoms with Gasteiger partial charge in [0.1, 0.15) is 5.82 Å². The summed E-state index contributed by atoms with van der Waals surface area (Å²) < 4.78 is 10.9. The van der Waals surface area contributed by atoms with Crippen LogP contribution < -0.4 is 15.2 Å². The van der Waals surface area contributed by atoms with E-state index < -0.39 is 0 Å². The Kier molecular flexibility index (Phi) is 4.77. The van der Waals surface area contributed by atoms with E-state index in [0.717, 1.165) is 11.1 Å². The second-order valence-corrected chi connectivity index (χ2v) is 5.23.